The fourth-order valence-corrected chi connectivity index (χ4v) is 0.204. The van der Waals surface area contributed by atoms with Gasteiger partial charge >= 0.3 is 0 Å². The van der Waals surface area contributed by atoms with Crippen molar-refractivity contribution in [3.63, 3.8) is 0 Å². The first kappa shape index (κ1) is 6.40. The van der Waals surface area contributed by atoms with Crippen LogP contribution >= 0.6 is 17.0 Å². The summed E-state index contributed by atoms with van der Waals surface area (Å²) in [6, 6.07) is 0. The van der Waals surface area contributed by atoms with E-state index in [1.165, 1.54) is 0 Å². The summed E-state index contributed by atoms with van der Waals surface area (Å²) in [7, 11) is 0. The van der Waals surface area contributed by atoms with E-state index in [-0.39, 0.29) is 17.0 Å². The molecule has 0 aromatic carbocycles. The lowest BCUT2D eigenvalue weighted by atomic mass is 10.5. The van der Waals surface area contributed by atoms with Crippen LogP contribution in [0.25, 0.3) is 0 Å². The quantitative estimate of drug-likeness (QED) is 0.536. The van der Waals surface area contributed by atoms with Crippen molar-refractivity contribution in [3.05, 3.63) is 0 Å². The predicted octanol–water partition coefficient (Wildman–Crippen LogP) is -0.0782. The zero-order chi connectivity index (χ0) is 3.70. The second-order valence-corrected chi connectivity index (χ2v) is 1.19. The minimum absolute atomic E-state index is 0. The standard InChI is InChI=1S/C3H7NO.BrH/c4-1-3-2-5-3;/h3H,1-2,4H2;1H. The maximum Gasteiger partial charge on any atom is 0.0931 e. The summed E-state index contributed by atoms with van der Waals surface area (Å²) >= 11 is 0. The zero-order valence-electron chi connectivity index (χ0n) is 3.39. The van der Waals surface area contributed by atoms with Gasteiger partial charge in [-0.15, -0.1) is 17.0 Å². The second kappa shape index (κ2) is 2.55. The fraction of sp³-hybridized carbons (Fsp3) is 1.00. The third-order valence-electron chi connectivity index (χ3n) is 0.665. The Balaban J connectivity index is 0.000000250. The normalized spacial score (nSPS) is 28.5. The average molecular weight is 154 g/mol. The van der Waals surface area contributed by atoms with E-state index in [9.17, 15) is 0 Å². The summed E-state index contributed by atoms with van der Waals surface area (Å²) in [6.45, 7) is 1.58. The summed E-state index contributed by atoms with van der Waals surface area (Å²) in [6.07, 6.45) is 0.412. The van der Waals surface area contributed by atoms with Crippen LogP contribution in [0.1, 0.15) is 0 Å². The molecule has 2 N–H and O–H groups in total. The number of halogens is 1. The van der Waals surface area contributed by atoms with Crippen LogP contribution in [-0.4, -0.2) is 19.3 Å². The van der Waals surface area contributed by atoms with Gasteiger partial charge in [0.2, 0.25) is 0 Å². The van der Waals surface area contributed by atoms with Crippen molar-refractivity contribution >= 4 is 17.0 Å². The third kappa shape index (κ3) is 1.74. The van der Waals surface area contributed by atoms with Crippen molar-refractivity contribution in [2.75, 3.05) is 13.2 Å². The zero-order valence-corrected chi connectivity index (χ0v) is 5.10. The molecule has 1 heterocycles. The maximum atomic E-state index is 5.11. The first-order valence-corrected chi connectivity index (χ1v) is 1.75. The topological polar surface area (TPSA) is 38.5 Å². The monoisotopic (exact) mass is 153 g/mol. The molecule has 1 aliphatic rings. The van der Waals surface area contributed by atoms with Gasteiger partial charge in [-0.1, -0.05) is 0 Å². The van der Waals surface area contributed by atoms with Crippen LogP contribution in [-0.2, 0) is 4.74 Å². The van der Waals surface area contributed by atoms with Gasteiger partial charge in [-0.25, -0.2) is 0 Å². The van der Waals surface area contributed by atoms with E-state index >= 15 is 0 Å². The Bertz CT molecular complexity index is 37.8. The Morgan fingerprint density at radius 1 is 1.83 bits per heavy atom. The van der Waals surface area contributed by atoms with Gasteiger partial charge in [0.05, 0.1) is 12.7 Å². The molecule has 38 valence electrons. The Morgan fingerprint density at radius 2 is 2.33 bits per heavy atom. The molecule has 3 heteroatoms. The summed E-state index contributed by atoms with van der Waals surface area (Å²) in [5.74, 6) is 0. The van der Waals surface area contributed by atoms with Crippen molar-refractivity contribution in [3.8, 4) is 0 Å². The smallest absolute Gasteiger partial charge is 0.0931 e. The van der Waals surface area contributed by atoms with Crippen LogP contribution in [0.15, 0.2) is 0 Å². The Morgan fingerprint density at radius 3 is 2.33 bits per heavy atom. The first-order chi connectivity index (χ1) is 2.43. The van der Waals surface area contributed by atoms with Crippen LogP contribution in [0.5, 0.6) is 0 Å². The minimum atomic E-state index is 0. The molecular formula is C3H8BrNO. The highest BCUT2D eigenvalue weighted by atomic mass is 79.9. The highest BCUT2D eigenvalue weighted by Crippen LogP contribution is 2.03. The van der Waals surface area contributed by atoms with Crippen molar-refractivity contribution in [2.24, 2.45) is 5.73 Å². The van der Waals surface area contributed by atoms with Crippen LogP contribution in [0.2, 0.25) is 0 Å². The van der Waals surface area contributed by atoms with E-state index < -0.39 is 0 Å². The second-order valence-electron chi connectivity index (χ2n) is 1.19. The molecule has 0 aromatic rings. The molecule has 1 rings (SSSR count). The van der Waals surface area contributed by atoms with Gasteiger partial charge in [-0.2, -0.15) is 0 Å². The molecule has 1 unspecified atom stereocenters. The van der Waals surface area contributed by atoms with Gasteiger partial charge in [0, 0.05) is 6.54 Å². The maximum absolute atomic E-state index is 5.11. The molecule has 1 fully saturated rings. The molecule has 1 saturated heterocycles. The number of ether oxygens (including phenoxy) is 1. The number of nitrogens with two attached hydrogens (primary N) is 1. The molecule has 0 amide bonds. The Kier molecular flexibility index (Phi) is 2.72. The predicted molar refractivity (Wildman–Crippen MR) is 29.1 cm³/mol. The minimum Gasteiger partial charge on any atom is -0.372 e. The van der Waals surface area contributed by atoms with Gasteiger partial charge in [-0.05, 0) is 0 Å². The number of rotatable bonds is 1. The highest BCUT2D eigenvalue weighted by molar-refractivity contribution is 8.93. The molecule has 2 nitrogen and oxygen atoms in total. The summed E-state index contributed by atoms with van der Waals surface area (Å²) in [5, 5.41) is 0. The van der Waals surface area contributed by atoms with Crippen molar-refractivity contribution in [1.82, 2.24) is 0 Å². The highest BCUT2D eigenvalue weighted by Gasteiger charge is 2.18. The first-order valence-electron chi connectivity index (χ1n) is 1.75. The average Bonchev–Trinajstić information content (AvgIpc) is 2.12. The third-order valence-corrected chi connectivity index (χ3v) is 0.665. The molecule has 0 saturated carbocycles. The molecule has 0 aromatic heterocycles. The molecule has 0 bridgehead atoms. The lowest BCUT2D eigenvalue weighted by Crippen LogP contribution is -2.05. The number of hydrogen-bond acceptors (Lipinski definition) is 2. The summed E-state index contributed by atoms with van der Waals surface area (Å²) in [5.41, 5.74) is 5.11. The van der Waals surface area contributed by atoms with Crippen molar-refractivity contribution in [2.45, 2.75) is 6.10 Å². The van der Waals surface area contributed by atoms with E-state index in [0.717, 1.165) is 6.61 Å². The molecule has 6 heavy (non-hydrogen) atoms. The SMILES string of the molecule is Br.NCC1CO1. The lowest BCUT2D eigenvalue weighted by molar-refractivity contribution is 0.412. The van der Waals surface area contributed by atoms with Crippen LogP contribution in [0, 0.1) is 0 Å². The van der Waals surface area contributed by atoms with Gasteiger partial charge in [0.15, 0.2) is 0 Å². The van der Waals surface area contributed by atoms with Gasteiger partial charge in [0.1, 0.15) is 0 Å². The van der Waals surface area contributed by atoms with Crippen molar-refractivity contribution in [1.29, 1.82) is 0 Å². The number of hydrogen-bond donors (Lipinski definition) is 1. The molecule has 0 aliphatic carbocycles. The Hall–Kier alpha value is 0.400. The molecule has 0 radical (unpaired) electrons. The van der Waals surface area contributed by atoms with Crippen LogP contribution < -0.4 is 5.73 Å². The van der Waals surface area contributed by atoms with Crippen LogP contribution in [0.3, 0.4) is 0 Å². The van der Waals surface area contributed by atoms with Gasteiger partial charge in [0.25, 0.3) is 0 Å². The summed E-state index contributed by atoms with van der Waals surface area (Å²) < 4.78 is 4.73. The summed E-state index contributed by atoms with van der Waals surface area (Å²) in [4.78, 5) is 0. The molecular weight excluding hydrogens is 146 g/mol. The lowest BCUT2D eigenvalue weighted by Gasteiger charge is -1.71. The molecule has 1 atom stereocenters. The van der Waals surface area contributed by atoms with E-state index in [4.69, 9.17) is 10.5 Å². The largest absolute Gasteiger partial charge is 0.372 e. The Labute approximate surface area is 47.4 Å². The van der Waals surface area contributed by atoms with E-state index in [2.05, 4.69) is 0 Å². The molecule has 1 aliphatic heterocycles. The van der Waals surface area contributed by atoms with Crippen molar-refractivity contribution < 1.29 is 4.74 Å². The number of epoxide rings is 1. The van der Waals surface area contributed by atoms with E-state index in [0.29, 0.717) is 12.6 Å². The van der Waals surface area contributed by atoms with Gasteiger partial charge in [-0.3, -0.25) is 0 Å². The van der Waals surface area contributed by atoms with E-state index in [1.54, 1.807) is 0 Å². The van der Waals surface area contributed by atoms with E-state index in [1.807, 2.05) is 0 Å². The van der Waals surface area contributed by atoms with Gasteiger partial charge < -0.3 is 10.5 Å². The molecule has 0 spiro atoms. The fourth-order valence-electron chi connectivity index (χ4n) is 0.204. The van der Waals surface area contributed by atoms with Crippen LogP contribution in [0.4, 0.5) is 0 Å².